The van der Waals surface area contributed by atoms with Gasteiger partial charge in [0.15, 0.2) is 5.82 Å². The monoisotopic (exact) mass is 166 g/mol. The molecule has 0 saturated heterocycles. The van der Waals surface area contributed by atoms with Crippen molar-refractivity contribution in [1.82, 2.24) is 10.1 Å². The normalized spacial score (nSPS) is 22.2. The van der Waals surface area contributed by atoms with Gasteiger partial charge in [0.25, 0.3) is 0 Å². The van der Waals surface area contributed by atoms with Gasteiger partial charge in [0, 0.05) is 5.92 Å². The fourth-order valence-electron chi connectivity index (χ4n) is 1.93. The summed E-state index contributed by atoms with van der Waals surface area (Å²) in [6.45, 7) is 6.40. The molecule has 0 spiro atoms. The van der Waals surface area contributed by atoms with Crippen LogP contribution in [0.1, 0.15) is 44.3 Å². The van der Waals surface area contributed by atoms with Crippen molar-refractivity contribution in [1.29, 1.82) is 0 Å². The van der Waals surface area contributed by atoms with E-state index in [-0.39, 0.29) is 0 Å². The Balaban J connectivity index is 2.06. The molecule has 0 aromatic carbocycles. The van der Waals surface area contributed by atoms with E-state index in [9.17, 15) is 0 Å². The van der Waals surface area contributed by atoms with Gasteiger partial charge in [-0.15, -0.1) is 0 Å². The van der Waals surface area contributed by atoms with Crippen LogP contribution in [-0.4, -0.2) is 10.1 Å². The summed E-state index contributed by atoms with van der Waals surface area (Å²) in [6.07, 6.45) is 2.35. The summed E-state index contributed by atoms with van der Waals surface area (Å²) in [4.78, 5) is 4.22. The maximum Gasteiger partial charge on any atom is 0.229 e. The van der Waals surface area contributed by atoms with E-state index in [0.717, 1.165) is 11.7 Å². The SMILES string of the molecule is Cc1noc(C2CC(C)(C)C2)n1. The third-order valence-corrected chi connectivity index (χ3v) is 2.49. The van der Waals surface area contributed by atoms with E-state index in [0.29, 0.717) is 11.3 Å². The van der Waals surface area contributed by atoms with Crippen LogP contribution in [0.3, 0.4) is 0 Å². The molecule has 66 valence electrons. The van der Waals surface area contributed by atoms with Crippen LogP contribution in [0.5, 0.6) is 0 Å². The lowest BCUT2D eigenvalue weighted by atomic mass is 9.64. The second-order valence-electron chi connectivity index (χ2n) is 4.45. The van der Waals surface area contributed by atoms with Gasteiger partial charge in [-0.25, -0.2) is 0 Å². The van der Waals surface area contributed by atoms with Gasteiger partial charge in [-0.05, 0) is 25.2 Å². The van der Waals surface area contributed by atoms with Gasteiger partial charge in [-0.2, -0.15) is 4.98 Å². The highest BCUT2D eigenvalue weighted by atomic mass is 16.5. The molecule has 3 heteroatoms. The molecule has 1 heterocycles. The number of hydrogen-bond acceptors (Lipinski definition) is 3. The topological polar surface area (TPSA) is 38.9 Å². The van der Waals surface area contributed by atoms with Gasteiger partial charge >= 0.3 is 0 Å². The Hall–Kier alpha value is -0.860. The van der Waals surface area contributed by atoms with Gasteiger partial charge in [-0.3, -0.25) is 0 Å². The van der Waals surface area contributed by atoms with Crippen LogP contribution in [0.2, 0.25) is 0 Å². The van der Waals surface area contributed by atoms with Crippen LogP contribution < -0.4 is 0 Å². The second-order valence-corrected chi connectivity index (χ2v) is 4.45. The van der Waals surface area contributed by atoms with E-state index in [2.05, 4.69) is 24.0 Å². The molecule has 0 unspecified atom stereocenters. The molecule has 1 saturated carbocycles. The van der Waals surface area contributed by atoms with Gasteiger partial charge in [0.1, 0.15) is 0 Å². The highest BCUT2D eigenvalue weighted by molar-refractivity contribution is 5.03. The van der Waals surface area contributed by atoms with E-state index in [4.69, 9.17) is 4.52 Å². The Morgan fingerprint density at radius 3 is 2.50 bits per heavy atom. The van der Waals surface area contributed by atoms with Crippen molar-refractivity contribution in [2.24, 2.45) is 5.41 Å². The first kappa shape index (κ1) is 7.77. The van der Waals surface area contributed by atoms with E-state index in [1.165, 1.54) is 12.8 Å². The van der Waals surface area contributed by atoms with Crippen molar-refractivity contribution < 1.29 is 4.52 Å². The smallest absolute Gasteiger partial charge is 0.229 e. The highest BCUT2D eigenvalue weighted by Gasteiger charge is 2.39. The minimum atomic E-state index is 0.479. The zero-order valence-corrected chi connectivity index (χ0v) is 7.79. The Labute approximate surface area is 72.2 Å². The average Bonchev–Trinajstić information content (AvgIpc) is 2.30. The van der Waals surface area contributed by atoms with Crippen molar-refractivity contribution >= 4 is 0 Å². The molecule has 1 aliphatic carbocycles. The van der Waals surface area contributed by atoms with Crippen molar-refractivity contribution in [3.05, 3.63) is 11.7 Å². The summed E-state index contributed by atoms with van der Waals surface area (Å²) in [5, 5.41) is 3.78. The molecule has 12 heavy (non-hydrogen) atoms. The molecule has 0 atom stereocenters. The molecule has 1 aromatic rings. The number of hydrogen-bond donors (Lipinski definition) is 0. The molecule has 0 bridgehead atoms. The first-order valence-electron chi connectivity index (χ1n) is 4.37. The molecule has 1 aliphatic rings. The second kappa shape index (κ2) is 2.31. The van der Waals surface area contributed by atoms with Crippen LogP contribution >= 0.6 is 0 Å². The maximum absolute atomic E-state index is 5.10. The van der Waals surface area contributed by atoms with Gasteiger partial charge < -0.3 is 4.52 Å². The molecule has 2 rings (SSSR count). The van der Waals surface area contributed by atoms with Crippen molar-refractivity contribution in [2.75, 3.05) is 0 Å². The van der Waals surface area contributed by atoms with Crippen molar-refractivity contribution in [3.63, 3.8) is 0 Å². The summed E-state index contributed by atoms with van der Waals surface area (Å²) < 4.78 is 5.10. The Morgan fingerprint density at radius 1 is 1.42 bits per heavy atom. The van der Waals surface area contributed by atoms with Crippen LogP contribution in [0.15, 0.2) is 4.52 Å². The minimum Gasteiger partial charge on any atom is -0.339 e. The highest BCUT2D eigenvalue weighted by Crippen LogP contribution is 2.49. The van der Waals surface area contributed by atoms with E-state index < -0.39 is 0 Å². The molecular formula is C9H14N2O. The lowest BCUT2D eigenvalue weighted by molar-refractivity contribution is 0.124. The predicted molar refractivity (Wildman–Crippen MR) is 44.8 cm³/mol. The summed E-state index contributed by atoms with van der Waals surface area (Å²) in [7, 11) is 0. The predicted octanol–water partition coefficient (Wildman–Crippen LogP) is 2.28. The fraction of sp³-hybridized carbons (Fsp3) is 0.778. The molecule has 1 aromatic heterocycles. The van der Waals surface area contributed by atoms with Gasteiger partial charge in [0.05, 0.1) is 0 Å². The first-order valence-corrected chi connectivity index (χ1v) is 4.37. The van der Waals surface area contributed by atoms with Crippen LogP contribution in [-0.2, 0) is 0 Å². The third kappa shape index (κ3) is 1.24. The largest absolute Gasteiger partial charge is 0.339 e. The van der Waals surface area contributed by atoms with E-state index >= 15 is 0 Å². The number of aromatic nitrogens is 2. The standard InChI is InChI=1S/C9H14N2O/c1-6-10-8(12-11-6)7-4-9(2,3)5-7/h7H,4-5H2,1-3H3. The summed E-state index contributed by atoms with van der Waals surface area (Å²) >= 11 is 0. The van der Waals surface area contributed by atoms with Crippen LogP contribution in [0.4, 0.5) is 0 Å². The van der Waals surface area contributed by atoms with E-state index in [1.807, 2.05) is 6.92 Å². The number of nitrogens with zero attached hydrogens (tertiary/aromatic N) is 2. The summed E-state index contributed by atoms with van der Waals surface area (Å²) in [6, 6.07) is 0. The lowest BCUT2D eigenvalue weighted by Gasteiger charge is -2.40. The lowest BCUT2D eigenvalue weighted by Crippen LogP contribution is -2.29. The Bertz CT molecular complexity index is 282. The molecule has 0 amide bonds. The van der Waals surface area contributed by atoms with Crippen LogP contribution in [0, 0.1) is 12.3 Å². The molecule has 3 nitrogen and oxygen atoms in total. The minimum absolute atomic E-state index is 0.479. The summed E-state index contributed by atoms with van der Waals surface area (Å²) in [5.74, 6) is 2.09. The maximum atomic E-state index is 5.10. The zero-order chi connectivity index (χ0) is 8.77. The Kier molecular flexibility index (Phi) is 1.50. The summed E-state index contributed by atoms with van der Waals surface area (Å²) in [5.41, 5.74) is 0.479. The third-order valence-electron chi connectivity index (χ3n) is 2.49. The Morgan fingerprint density at radius 2 is 2.08 bits per heavy atom. The van der Waals surface area contributed by atoms with E-state index in [1.54, 1.807) is 0 Å². The van der Waals surface area contributed by atoms with Gasteiger partial charge in [-0.1, -0.05) is 19.0 Å². The van der Waals surface area contributed by atoms with Crippen LogP contribution in [0.25, 0.3) is 0 Å². The molecule has 1 fully saturated rings. The van der Waals surface area contributed by atoms with Crippen molar-refractivity contribution in [2.45, 2.75) is 39.5 Å². The molecular weight excluding hydrogens is 152 g/mol. The number of aryl methyl sites for hydroxylation is 1. The molecule has 0 aliphatic heterocycles. The van der Waals surface area contributed by atoms with Gasteiger partial charge in [0.2, 0.25) is 5.89 Å². The first-order chi connectivity index (χ1) is 5.57. The zero-order valence-electron chi connectivity index (χ0n) is 7.79. The quantitative estimate of drug-likeness (QED) is 0.642. The average molecular weight is 166 g/mol. The molecule has 0 radical (unpaired) electrons. The fourth-order valence-corrected chi connectivity index (χ4v) is 1.93. The van der Waals surface area contributed by atoms with Crippen molar-refractivity contribution in [3.8, 4) is 0 Å². The molecule has 0 N–H and O–H groups in total. The number of rotatable bonds is 1.